The number of rotatable bonds is 1. The summed E-state index contributed by atoms with van der Waals surface area (Å²) in [6.07, 6.45) is 5.10. The molecule has 0 spiro atoms. The number of aromatic hydroxyl groups is 1. The molecule has 3 heterocycles. The summed E-state index contributed by atoms with van der Waals surface area (Å²) in [7, 11) is 0. The molecular formula is C25H24N4OS. The Labute approximate surface area is 184 Å². The molecule has 0 saturated heterocycles. The molecule has 0 aliphatic heterocycles. The highest BCUT2D eigenvalue weighted by Gasteiger charge is 2.31. The second kappa shape index (κ2) is 6.50. The fourth-order valence-electron chi connectivity index (χ4n) is 4.84. The standard InChI is InChI=1S/C25H24N4OS/c1-25(2,3)16-8-9-17-20(12-16)31-24-21(17)23-27-22(28-29(23)13-26-24)18-10-14-6-4-5-7-15(14)11-19(18)30/h4-7,10-11,13,16,30H,8-9,12H2,1-3H3. The quantitative estimate of drug-likeness (QED) is 0.355. The number of aryl methyl sites for hydroxylation is 1. The Balaban J connectivity index is 1.52. The Morgan fingerprint density at radius 3 is 2.68 bits per heavy atom. The second-order valence-electron chi connectivity index (χ2n) is 9.65. The van der Waals surface area contributed by atoms with Gasteiger partial charge in [-0.1, -0.05) is 45.0 Å². The molecule has 1 aliphatic rings. The van der Waals surface area contributed by atoms with Gasteiger partial charge in [-0.2, -0.15) is 0 Å². The maximum absolute atomic E-state index is 10.7. The molecule has 1 N–H and O–H groups in total. The molecule has 0 fully saturated rings. The monoisotopic (exact) mass is 428 g/mol. The van der Waals surface area contributed by atoms with Crippen molar-refractivity contribution in [3.05, 3.63) is 53.2 Å². The van der Waals surface area contributed by atoms with Crippen molar-refractivity contribution in [3.63, 3.8) is 0 Å². The van der Waals surface area contributed by atoms with E-state index in [2.05, 4.69) is 25.9 Å². The minimum absolute atomic E-state index is 0.194. The molecule has 31 heavy (non-hydrogen) atoms. The summed E-state index contributed by atoms with van der Waals surface area (Å²) in [5.74, 6) is 1.41. The summed E-state index contributed by atoms with van der Waals surface area (Å²) < 4.78 is 1.76. The molecule has 1 atom stereocenters. The summed E-state index contributed by atoms with van der Waals surface area (Å²) in [5.41, 5.74) is 3.18. The number of hydrogen-bond donors (Lipinski definition) is 1. The molecule has 0 bridgehead atoms. The van der Waals surface area contributed by atoms with E-state index < -0.39 is 0 Å². The smallest absolute Gasteiger partial charge is 0.185 e. The van der Waals surface area contributed by atoms with Crippen LogP contribution in [0.3, 0.4) is 0 Å². The molecule has 156 valence electrons. The predicted molar refractivity (Wildman–Crippen MR) is 126 cm³/mol. The van der Waals surface area contributed by atoms with Crippen LogP contribution < -0.4 is 0 Å². The number of aromatic nitrogens is 4. The van der Waals surface area contributed by atoms with Crippen molar-refractivity contribution in [2.24, 2.45) is 11.3 Å². The lowest BCUT2D eigenvalue weighted by Gasteiger charge is -2.33. The van der Waals surface area contributed by atoms with Gasteiger partial charge >= 0.3 is 0 Å². The molecule has 2 aromatic carbocycles. The van der Waals surface area contributed by atoms with Crippen molar-refractivity contribution in [1.82, 2.24) is 19.6 Å². The van der Waals surface area contributed by atoms with E-state index in [0.717, 1.165) is 39.5 Å². The molecule has 0 radical (unpaired) electrons. The average molecular weight is 429 g/mol. The molecule has 0 amide bonds. The molecular weight excluding hydrogens is 404 g/mol. The first-order chi connectivity index (χ1) is 14.9. The van der Waals surface area contributed by atoms with E-state index >= 15 is 0 Å². The van der Waals surface area contributed by atoms with Gasteiger partial charge in [0.25, 0.3) is 0 Å². The van der Waals surface area contributed by atoms with Crippen LogP contribution in [-0.2, 0) is 12.8 Å². The van der Waals surface area contributed by atoms with Gasteiger partial charge in [0.1, 0.15) is 16.9 Å². The number of hydrogen-bond acceptors (Lipinski definition) is 5. The van der Waals surface area contributed by atoms with Gasteiger partial charge in [-0.05, 0) is 59.1 Å². The normalized spacial score (nSPS) is 16.9. The lowest BCUT2D eigenvalue weighted by molar-refractivity contribution is 0.218. The first-order valence-corrected chi connectivity index (χ1v) is 11.6. The minimum atomic E-state index is 0.194. The van der Waals surface area contributed by atoms with E-state index in [1.165, 1.54) is 16.9 Å². The fourth-order valence-corrected chi connectivity index (χ4v) is 6.10. The molecule has 0 saturated carbocycles. The maximum Gasteiger partial charge on any atom is 0.185 e. The zero-order valence-electron chi connectivity index (χ0n) is 17.9. The maximum atomic E-state index is 10.7. The largest absolute Gasteiger partial charge is 0.507 e. The van der Waals surface area contributed by atoms with Crippen molar-refractivity contribution in [3.8, 4) is 17.1 Å². The Hall–Kier alpha value is -2.99. The second-order valence-corrected chi connectivity index (χ2v) is 10.7. The molecule has 6 rings (SSSR count). The van der Waals surface area contributed by atoms with Crippen molar-refractivity contribution < 1.29 is 5.11 Å². The number of phenolic OH excluding ortho intramolecular Hbond substituents is 1. The van der Waals surface area contributed by atoms with E-state index in [9.17, 15) is 5.11 Å². The summed E-state index contributed by atoms with van der Waals surface area (Å²) in [6, 6.07) is 11.7. The average Bonchev–Trinajstić information content (AvgIpc) is 3.32. The van der Waals surface area contributed by atoms with Gasteiger partial charge in [-0.15, -0.1) is 16.4 Å². The van der Waals surface area contributed by atoms with Gasteiger partial charge in [0, 0.05) is 4.88 Å². The van der Waals surface area contributed by atoms with Crippen LogP contribution in [0.25, 0.3) is 38.0 Å². The van der Waals surface area contributed by atoms with Gasteiger partial charge in [-0.25, -0.2) is 14.5 Å². The number of thiophene rings is 1. The number of phenols is 1. The fraction of sp³-hybridized carbons (Fsp3) is 0.320. The Kier molecular flexibility index (Phi) is 3.93. The highest BCUT2D eigenvalue weighted by molar-refractivity contribution is 7.19. The molecule has 1 unspecified atom stereocenters. The first-order valence-electron chi connectivity index (χ1n) is 10.8. The van der Waals surface area contributed by atoms with Gasteiger partial charge in [0.2, 0.25) is 0 Å². The number of fused-ring (bicyclic) bond motifs is 6. The zero-order chi connectivity index (χ0) is 21.3. The highest BCUT2D eigenvalue weighted by atomic mass is 32.1. The third-order valence-electron chi connectivity index (χ3n) is 6.72. The minimum Gasteiger partial charge on any atom is -0.507 e. The predicted octanol–water partition coefficient (Wildman–Crippen LogP) is 6.02. The van der Waals surface area contributed by atoms with Crippen molar-refractivity contribution >= 4 is 38.0 Å². The van der Waals surface area contributed by atoms with E-state index in [-0.39, 0.29) is 5.75 Å². The number of nitrogens with zero attached hydrogens (tertiary/aromatic N) is 4. The van der Waals surface area contributed by atoms with E-state index in [1.54, 1.807) is 28.2 Å². The molecule has 5 aromatic rings. The van der Waals surface area contributed by atoms with E-state index in [0.29, 0.717) is 22.7 Å². The topological polar surface area (TPSA) is 63.3 Å². The van der Waals surface area contributed by atoms with Gasteiger partial charge in [0.15, 0.2) is 11.5 Å². The molecule has 5 nitrogen and oxygen atoms in total. The van der Waals surface area contributed by atoms with E-state index in [4.69, 9.17) is 9.97 Å². The van der Waals surface area contributed by atoms with Crippen LogP contribution in [0.15, 0.2) is 42.7 Å². The summed E-state index contributed by atoms with van der Waals surface area (Å²) >= 11 is 1.80. The summed E-state index contributed by atoms with van der Waals surface area (Å²) in [4.78, 5) is 12.1. The van der Waals surface area contributed by atoms with Gasteiger partial charge in [-0.3, -0.25) is 0 Å². The van der Waals surface area contributed by atoms with Crippen LogP contribution in [0.4, 0.5) is 0 Å². The molecule has 1 aliphatic carbocycles. The Morgan fingerprint density at radius 1 is 1.13 bits per heavy atom. The van der Waals surface area contributed by atoms with Crippen LogP contribution in [0.5, 0.6) is 5.75 Å². The lowest BCUT2D eigenvalue weighted by Crippen LogP contribution is -2.26. The summed E-state index contributed by atoms with van der Waals surface area (Å²) in [5, 5.41) is 18.5. The number of benzene rings is 2. The van der Waals surface area contributed by atoms with Crippen molar-refractivity contribution in [2.75, 3.05) is 0 Å². The van der Waals surface area contributed by atoms with Crippen molar-refractivity contribution in [2.45, 2.75) is 40.0 Å². The SMILES string of the molecule is CC(C)(C)C1CCc2c(sc3ncn4nc(-c5cc6ccccc6cc5O)nc4c23)C1. The van der Waals surface area contributed by atoms with Crippen LogP contribution in [0.1, 0.15) is 37.6 Å². The Bertz CT molecular complexity index is 1470. The van der Waals surface area contributed by atoms with Crippen LogP contribution in [0.2, 0.25) is 0 Å². The lowest BCUT2D eigenvalue weighted by atomic mass is 9.72. The third-order valence-corrected chi connectivity index (χ3v) is 7.88. The molecule has 6 heteroatoms. The Morgan fingerprint density at radius 2 is 1.90 bits per heavy atom. The van der Waals surface area contributed by atoms with Crippen LogP contribution in [-0.4, -0.2) is 24.7 Å². The van der Waals surface area contributed by atoms with Gasteiger partial charge in [0.05, 0.1) is 10.9 Å². The van der Waals surface area contributed by atoms with Crippen molar-refractivity contribution in [1.29, 1.82) is 0 Å². The summed E-state index contributed by atoms with van der Waals surface area (Å²) in [6.45, 7) is 7.02. The van der Waals surface area contributed by atoms with Crippen LogP contribution in [0, 0.1) is 11.3 Å². The molecule has 3 aromatic heterocycles. The zero-order valence-corrected chi connectivity index (χ0v) is 18.7. The van der Waals surface area contributed by atoms with Gasteiger partial charge < -0.3 is 5.11 Å². The third kappa shape index (κ3) is 2.92. The first kappa shape index (κ1) is 18.8. The van der Waals surface area contributed by atoms with Crippen LogP contribution >= 0.6 is 11.3 Å². The highest BCUT2D eigenvalue weighted by Crippen LogP contribution is 2.44. The van der Waals surface area contributed by atoms with E-state index in [1.807, 2.05) is 30.3 Å².